The topological polar surface area (TPSA) is 9.23 Å². The smallest absolute Gasteiger partial charge is 0.137 e. The highest BCUT2D eigenvalue weighted by atomic mass is 32.1. The lowest BCUT2D eigenvalue weighted by atomic mass is 10.0. The van der Waals surface area contributed by atoms with Gasteiger partial charge >= 0.3 is 0 Å². The highest BCUT2D eigenvalue weighted by Gasteiger charge is 2.12. The van der Waals surface area contributed by atoms with Gasteiger partial charge < -0.3 is 4.74 Å². The van der Waals surface area contributed by atoms with Crippen molar-refractivity contribution in [2.75, 3.05) is 6.61 Å². The van der Waals surface area contributed by atoms with E-state index in [-0.39, 0.29) is 0 Å². The molecule has 0 amide bonds. The van der Waals surface area contributed by atoms with E-state index in [0.29, 0.717) is 0 Å². The molecule has 0 bridgehead atoms. The first-order valence-corrected chi connectivity index (χ1v) is 5.76. The second-order valence-corrected chi connectivity index (χ2v) is 4.38. The molecule has 0 radical (unpaired) electrons. The second-order valence-electron chi connectivity index (χ2n) is 3.43. The molecule has 1 aromatic heterocycles. The van der Waals surface area contributed by atoms with Crippen molar-refractivity contribution < 1.29 is 4.74 Å². The first-order valence-electron chi connectivity index (χ1n) is 4.88. The summed E-state index contributed by atoms with van der Waals surface area (Å²) in [5, 5.41) is 2.08. The Kier molecular flexibility index (Phi) is 2.73. The molecule has 0 saturated heterocycles. The third kappa shape index (κ3) is 1.75. The summed E-state index contributed by atoms with van der Waals surface area (Å²) in [6.45, 7) is 5.07. The predicted octanol–water partition coefficient (Wildman–Crippen LogP) is 3.85. The minimum Gasteiger partial charge on any atom is -0.488 e. The van der Waals surface area contributed by atoms with Gasteiger partial charge in [0.1, 0.15) is 12.4 Å². The minimum absolute atomic E-state index is 0.743. The molecule has 1 aliphatic rings. The molecule has 2 heteroatoms. The van der Waals surface area contributed by atoms with Crippen molar-refractivity contribution in [1.29, 1.82) is 0 Å². The lowest BCUT2D eigenvalue weighted by molar-refractivity contribution is 0.304. The molecule has 1 nitrogen and oxygen atoms in total. The fourth-order valence-electron chi connectivity index (χ4n) is 1.57. The van der Waals surface area contributed by atoms with Crippen molar-refractivity contribution in [2.24, 2.45) is 0 Å². The zero-order valence-electron chi connectivity index (χ0n) is 8.54. The number of hydrogen-bond donors (Lipinski definition) is 0. The van der Waals surface area contributed by atoms with E-state index in [2.05, 4.69) is 37.4 Å². The normalized spacial score (nSPS) is 16.6. The number of rotatable bonds is 2. The Morgan fingerprint density at radius 2 is 2.36 bits per heavy atom. The highest BCUT2D eigenvalue weighted by molar-refractivity contribution is 7.11. The molecular weight excluding hydrogens is 192 g/mol. The van der Waals surface area contributed by atoms with Crippen LogP contribution in [0.2, 0.25) is 0 Å². The van der Waals surface area contributed by atoms with Crippen molar-refractivity contribution in [3.63, 3.8) is 0 Å². The molecule has 0 unspecified atom stereocenters. The average Bonchev–Trinajstić information content (AvgIpc) is 2.71. The fraction of sp³-hybridized carbons (Fsp3) is 0.333. The summed E-state index contributed by atoms with van der Waals surface area (Å²) in [7, 11) is 0. The van der Waals surface area contributed by atoms with Gasteiger partial charge in [0.2, 0.25) is 0 Å². The monoisotopic (exact) mass is 206 g/mol. The van der Waals surface area contributed by atoms with Crippen LogP contribution in [0.25, 0.3) is 5.76 Å². The number of ether oxygens (including phenoxy) is 1. The van der Waals surface area contributed by atoms with Crippen molar-refractivity contribution in [2.45, 2.75) is 20.3 Å². The van der Waals surface area contributed by atoms with Gasteiger partial charge in [-0.05, 0) is 42.0 Å². The molecule has 14 heavy (non-hydrogen) atoms. The summed E-state index contributed by atoms with van der Waals surface area (Å²) in [4.78, 5) is 1.23. The fourth-order valence-corrected chi connectivity index (χ4v) is 2.26. The van der Waals surface area contributed by atoms with E-state index >= 15 is 0 Å². The summed E-state index contributed by atoms with van der Waals surface area (Å²) >= 11 is 1.73. The third-order valence-electron chi connectivity index (χ3n) is 2.44. The molecule has 0 fully saturated rings. The zero-order chi connectivity index (χ0) is 9.97. The first kappa shape index (κ1) is 9.53. The Labute approximate surface area is 88.7 Å². The van der Waals surface area contributed by atoms with Gasteiger partial charge in [0.15, 0.2) is 0 Å². The molecule has 74 valence electrons. The molecule has 0 aromatic carbocycles. The van der Waals surface area contributed by atoms with Crippen molar-refractivity contribution >= 4 is 17.1 Å². The zero-order valence-corrected chi connectivity index (χ0v) is 9.36. The van der Waals surface area contributed by atoms with Crippen LogP contribution in [0.15, 0.2) is 34.7 Å². The van der Waals surface area contributed by atoms with Gasteiger partial charge in [-0.3, -0.25) is 0 Å². The van der Waals surface area contributed by atoms with E-state index < -0.39 is 0 Å². The second kappa shape index (κ2) is 4.01. The van der Waals surface area contributed by atoms with Gasteiger partial charge in [-0.2, -0.15) is 0 Å². The molecule has 0 aliphatic carbocycles. The van der Waals surface area contributed by atoms with Crippen LogP contribution in [0.4, 0.5) is 0 Å². The highest BCUT2D eigenvalue weighted by Crippen LogP contribution is 2.28. The standard InChI is InChI=1S/C12H14OS/c1-3-10-7-11(13-8-9(10)2)12-5-4-6-14-12/h4-7H,3,8H2,1-2H3. The lowest BCUT2D eigenvalue weighted by Gasteiger charge is -2.17. The van der Waals surface area contributed by atoms with Gasteiger partial charge in [-0.1, -0.05) is 13.0 Å². The van der Waals surface area contributed by atoms with Crippen LogP contribution in [-0.2, 0) is 4.74 Å². The quantitative estimate of drug-likeness (QED) is 0.714. The van der Waals surface area contributed by atoms with Gasteiger partial charge in [-0.15, -0.1) is 11.3 Å². The van der Waals surface area contributed by atoms with Crippen LogP contribution in [-0.4, -0.2) is 6.61 Å². The van der Waals surface area contributed by atoms with E-state index in [9.17, 15) is 0 Å². The van der Waals surface area contributed by atoms with Crippen molar-refractivity contribution in [3.8, 4) is 0 Å². The molecular formula is C12H14OS. The summed E-state index contributed by atoms with van der Waals surface area (Å²) in [5.41, 5.74) is 2.77. The maximum Gasteiger partial charge on any atom is 0.137 e. The van der Waals surface area contributed by atoms with Gasteiger partial charge in [-0.25, -0.2) is 0 Å². The van der Waals surface area contributed by atoms with Gasteiger partial charge in [0.05, 0.1) is 4.88 Å². The minimum atomic E-state index is 0.743. The maximum absolute atomic E-state index is 5.68. The largest absolute Gasteiger partial charge is 0.488 e. The van der Waals surface area contributed by atoms with Crippen molar-refractivity contribution in [3.05, 3.63) is 39.6 Å². The van der Waals surface area contributed by atoms with Crippen LogP contribution < -0.4 is 0 Å². The molecule has 0 N–H and O–H groups in total. The molecule has 0 spiro atoms. The summed E-state index contributed by atoms with van der Waals surface area (Å²) in [6, 6.07) is 4.16. The Morgan fingerprint density at radius 3 is 3.00 bits per heavy atom. The Morgan fingerprint density at radius 1 is 1.50 bits per heavy atom. The number of thiophene rings is 1. The van der Waals surface area contributed by atoms with Crippen molar-refractivity contribution in [1.82, 2.24) is 0 Å². The lowest BCUT2D eigenvalue weighted by Crippen LogP contribution is -2.03. The SMILES string of the molecule is CCC1=C(C)COC(c2cccs2)=C1. The average molecular weight is 206 g/mol. The van der Waals surface area contributed by atoms with E-state index in [4.69, 9.17) is 4.74 Å². The Balaban J connectivity index is 2.31. The van der Waals surface area contributed by atoms with E-state index in [1.807, 2.05) is 0 Å². The van der Waals surface area contributed by atoms with E-state index in [1.54, 1.807) is 11.3 Å². The van der Waals surface area contributed by atoms with E-state index in [0.717, 1.165) is 18.8 Å². The van der Waals surface area contributed by atoms with Crippen LogP contribution in [0.1, 0.15) is 25.1 Å². The molecule has 2 heterocycles. The number of allylic oxidation sites excluding steroid dienone is 2. The third-order valence-corrected chi connectivity index (χ3v) is 3.33. The van der Waals surface area contributed by atoms with Gasteiger partial charge in [0, 0.05) is 0 Å². The Bertz CT molecular complexity index is 371. The van der Waals surface area contributed by atoms with Gasteiger partial charge in [0.25, 0.3) is 0 Å². The number of hydrogen-bond acceptors (Lipinski definition) is 2. The molecule has 1 aliphatic heterocycles. The summed E-state index contributed by atoms with van der Waals surface area (Å²) in [6.07, 6.45) is 3.26. The first-order chi connectivity index (χ1) is 6.81. The molecule has 1 aromatic rings. The summed E-state index contributed by atoms with van der Waals surface area (Å²) < 4.78 is 5.68. The predicted molar refractivity (Wildman–Crippen MR) is 61.2 cm³/mol. The Hall–Kier alpha value is -1.02. The van der Waals surface area contributed by atoms with Crippen LogP contribution >= 0.6 is 11.3 Å². The van der Waals surface area contributed by atoms with Crippen LogP contribution in [0.3, 0.4) is 0 Å². The summed E-state index contributed by atoms with van der Waals surface area (Å²) in [5.74, 6) is 1.03. The molecule has 0 atom stereocenters. The van der Waals surface area contributed by atoms with Crippen LogP contribution in [0, 0.1) is 0 Å². The van der Waals surface area contributed by atoms with E-state index in [1.165, 1.54) is 16.0 Å². The molecule has 0 saturated carbocycles. The molecule has 2 rings (SSSR count). The maximum atomic E-state index is 5.68. The van der Waals surface area contributed by atoms with Crippen LogP contribution in [0.5, 0.6) is 0 Å².